The lowest BCUT2D eigenvalue weighted by molar-refractivity contribution is -0.120. The van der Waals surface area contributed by atoms with Gasteiger partial charge in [0.05, 0.1) is 18.2 Å². The van der Waals surface area contributed by atoms with Crippen molar-refractivity contribution >= 4 is 54.0 Å². The second-order valence-corrected chi connectivity index (χ2v) is 9.94. The number of aromatic nitrogens is 2. The van der Waals surface area contributed by atoms with E-state index < -0.39 is 6.04 Å². The predicted octanol–water partition coefficient (Wildman–Crippen LogP) is 5.23. The molecule has 3 N–H and O–H groups in total. The minimum Gasteiger partial charge on any atom is -0.399 e. The molecule has 0 fully saturated rings. The first-order valence-electron chi connectivity index (χ1n) is 11.2. The normalized spacial score (nSPS) is 11.4. The highest BCUT2D eigenvalue weighted by molar-refractivity contribution is 7.98. The first-order valence-corrected chi connectivity index (χ1v) is 13.4. The Balaban J connectivity index is 0.00000361. The zero-order chi connectivity index (χ0) is 24.6. The molecule has 0 spiro atoms. The molecule has 1 amide bonds. The Morgan fingerprint density at radius 3 is 2.47 bits per heavy atom. The number of thiazole rings is 1. The number of ketones is 1. The Morgan fingerprint density at radius 1 is 1.03 bits per heavy atom. The summed E-state index contributed by atoms with van der Waals surface area (Å²) < 4.78 is 0. The molecule has 2 aromatic heterocycles. The van der Waals surface area contributed by atoms with Gasteiger partial charge in [-0.3, -0.25) is 14.6 Å². The van der Waals surface area contributed by atoms with E-state index in [0.717, 1.165) is 33.1 Å². The van der Waals surface area contributed by atoms with Gasteiger partial charge in [0, 0.05) is 34.6 Å². The molecule has 186 valence electrons. The third kappa shape index (κ3) is 7.19. The predicted molar refractivity (Wildman–Crippen MR) is 155 cm³/mol. The van der Waals surface area contributed by atoms with Crippen LogP contribution < -0.4 is 11.1 Å². The van der Waals surface area contributed by atoms with Crippen molar-refractivity contribution < 1.29 is 9.59 Å². The Bertz CT molecular complexity index is 1290. The van der Waals surface area contributed by atoms with E-state index in [4.69, 9.17) is 10.7 Å². The smallest absolute Gasteiger partial charge is 0.251 e. The van der Waals surface area contributed by atoms with Gasteiger partial charge >= 0.3 is 0 Å². The van der Waals surface area contributed by atoms with Crippen molar-refractivity contribution in [1.82, 2.24) is 15.3 Å². The highest BCUT2D eigenvalue weighted by atomic mass is 32.2. The maximum absolute atomic E-state index is 13.1. The Kier molecular flexibility index (Phi) is 10.1. The van der Waals surface area contributed by atoms with E-state index in [1.165, 1.54) is 11.3 Å². The third-order valence-electron chi connectivity index (χ3n) is 5.53. The van der Waals surface area contributed by atoms with Crippen LogP contribution in [0.2, 0.25) is 0 Å². The second kappa shape index (κ2) is 13.2. The summed E-state index contributed by atoms with van der Waals surface area (Å²) in [6.07, 6.45) is 6.27. The number of Topliss-reactive ketones (excluding diaryl/α,β-unsaturated/α-hetero) is 1. The molecule has 4 rings (SSSR count). The molecule has 0 unspecified atom stereocenters. The monoisotopic (exact) mass is 536 g/mol. The van der Waals surface area contributed by atoms with E-state index in [1.54, 1.807) is 48.4 Å². The van der Waals surface area contributed by atoms with Crippen LogP contribution >= 0.6 is 36.6 Å². The molecular weight excluding hydrogens is 509 g/mol. The molecular formula is C27H28N4O2S3. The summed E-state index contributed by atoms with van der Waals surface area (Å²) in [6.45, 7) is 0. The zero-order valence-electron chi connectivity index (χ0n) is 19.8. The molecule has 2 heterocycles. The van der Waals surface area contributed by atoms with Gasteiger partial charge in [-0.25, -0.2) is 4.98 Å². The van der Waals surface area contributed by atoms with Gasteiger partial charge in [-0.05, 0) is 72.0 Å². The molecule has 6 nitrogen and oxygen atoms in total. The molecule has 1 atom stereocenters. The van der Waals surface area contributed by atoms with Crippen molar-refractivity contribution in [3.05, 3.63) is 89.0 Å². The van der Waals surface area contributed by atoms with E-state index in [1.807, 2.05) is 35.9 Å². The van der Waals surface area contributed by atoms with Gasteiger partial charge in [0.25, 0.3) is 5.91 Å². The third-order valence-corrected chi connectivity index (χ3v) is 7.02. The SMILES string of the molecule is CSCC[C@H](NC(=O)c1ccc(N)cc1)C(=O)Cc1nc(-c2cccc(-c3ccncc3)c2)cs1.S. The molecule has 4 aromatic rings. The number of nitrogens with zero attached hydrogens (tertiary/aromatic N) is 2. The summed E-state index contributed by atoms with van der Waals surface area (Å²) in [7, 11) is 0. The van der Waals surface area contributed by atoms with Crippen LogP contribution in [-0.2, 0) is 11.2 Å². The maximum Gasteiger partial charge on any atom is 0.251 e. The number of benzene rings is 2. The molecule has 0 aliphatic rings. The fourth-order valence-corrected chi connectivity index (χ4v) is 4.91. The number of anilines is 1. The van der Waals surface area contributed by atoms with Gasteiger partial charge in [0.2, 0.25) is 0 Å². The Hall–Kier alpha value is -3.14. The lowest BCUT2D eigenvalue weighted by atomic mass is 10.0. The quantitative estimate of drug-likeness (QED) is 0.269. The summed E-state index contributed by atoms with van der Waals surface area (Å²) in [4.78, 5) is 34.6. The van der Waals surface area contributed by atoms with Crippen molar-refractivity contribution in [3.8, 4) is 22.4 Å². The molecule has 0 bridgehead atoms. The van der Waals surface area contributed by atoms with Crippen LogP contribution in [0.4, 0.5) is 5.69 Å². The summed E-state index contributed by atoms with van der Waals surface area (Å²) >= 11 is 3.10. The van der Waals surface area contributed by atoms with Crippen molar-refractivity contribution in [2.24, 2.45) is 0 Å². The van der Waals surface area contributed by atoms with E-state index in [-0.39, 0.29) is 31.6 Å². The zero-order valence-corrected chi connectivity index (χ0v) is 22.4. The van der Waals surface area contributed by atoms with Gasteiger partial charge in [-0.2, -0.15) is 25.3 Å². The van der Waals surface area contributed by atoms with Crippen LogP contribution in [0.3, 0.4) is 0 Å². The van der Waals surface area contributed by atoms with Crippen molar-refractivity contribution in [2.75, 3.05) is 17.7 Å². The summed E-state index contributed by atoms with van der Waals surface area (Å²) in [5, 5.41) is 5.60. The van der Waals surface area contributed by atoms with Crippen molar-refractivity contribution in [2.45, 2.75) is 18.9 Å². The Morgan fingerprint density at radius 2 is 1.75 bits per heavy atom. The second-order valence-electron chi connectivity index (χ2n) is 8.02. The number of nitrogens with two attached hydrogens (primary N) is 1. The molecule has 0 saturated heterocycles. The van der Waals surface area contributed by atoms with E-state index in [2.05, 4.69) is 22.4 Å². The molecule has 2 aromatic carbocycles. The topological polar surface area (TPSA) is 98.0 Å². The maximum atomic E-state index is 13.1. The van der Waals surface area contributed by atoms with Crippen molar-refractivity contribution in [3.63, 3.8) is 0 Å². The van der Waals surface area contributed by atoms with Crippen LogP contribution in [0.15, 0.2) is 78.4 Å². The Labute approximate surface area is 226 Å². The number of nitrogens with one attached hydrogen (secondary N) is 1. The van der Waals surface area contributed by atoms with Gasteiger partial charge in [0.15, 0.2) is 5.78 Å². The number of carbonyl (C=O) groups excluding carboxylic acids is 2. The highest BCUT2D eigenvalue weighted by Crippen LogP contribution is 2.27. The molecule has 0 aliphatic heterocycles. The largest absolute Gasteiger partial charge is 0.399 e. The number of nitrogen functional groups attached to an aromatic ring is 1. The molecule has 36 heavy (non-hydrogen) atoms. The minimum atomic E-state index is -0.574. The van der Waals surface area contributed by atoms with Crippen LogP contribution in [0.1, 0.15) is 21.8 Å². The number of rotatable bonds is 10. The number of hydrogen-bond donors (Lipinski definition) is 2. The minimum absolute atomic E-state index is 0. The van der Waals surface area contributed by atoms with Crippen LogP contribution in [0, 0.1) is 0 Å². The fraction of sp³-hybridized carbons (Fsp3) is 0.185. The number of hydrogen-bond acceptors (Lipinski definition) is 7. The molecule has 0 aliphatic carbocycles. The van der Waals surface area contributed by atoms with E-state index in [0.29, 0.717) is 17.7 Å². The lowest BCUT2D eigenvalue weighted by Gasteiger charge is -2.17. The number of pyridine rings is 1. The van der Waals surface area contributed by atoms with Gasteiger partial charge in [0.1, 0.15) is 5.01 Å². The molecule has 9 heteroatoms. The highest BCUT2D eigenvalue weighted by Gasteiger charge is 2.22. The van der Waals surface area contributed by atoms with E-state index in [9.17, 15) is 9.59 Å². The fourth-order valence-electron chi connectivity index (χ4n) is 3.62. The van der Waals surface area contributed by atoms with Gasteiger partial charge in [-0.15, -0.1) is 11.3 Å². The number of carbonyl (C=O) groups is 2. The standard InChI is InChI=1S/C27H26N4O2S2.H2S/c1-34-14-11-23(31-27(33)19-5-7-22(28)8-6-19)25(32)16-26-30-24(17-35-26)21-4-2-3-20(15-21)18-9-12-29-13-10-18;/h2-10,12-13,15,17,23H,11,14,16,28H2,1H3,(H,31,33);1H2/t23-;/m0./s1. The van der Waals surface area contributed by atoms with Gasteiger partial charge < -0.3 is 11.1 Å². The molecule has 0 saturated carbocycles. The van der Waals surface area contributed by atoms with Crippen molar-refractivity contribution in [1.29, 1.82) is 0 Å². The number of amides is 1. The first-order chi connectivity index (χ1) is 17.0. The van der Waals surface area contributed by atoms with Crippen LogP contribution in [-0.4, -0.2) is 39.7 Å². The molecule has 0 radical (unpaired) electrons. The summed E-state index contributed by atoms with van der Waals surface area (Å²) in [6, 6.07) is 18.2. The van der Waals surface area contributed by atoms with Crippen LogP contribution in [0.25, 0.3) is 22.4 Å². The van der Waals surface area contributed by atoms with Gasteiger partial charge in [-0.1, -0.05) is 18.2 Å². The average molecular weight is 537 g/mol. The first kappa shape index (κ1) is 27.4. The average Bonchev–Trinajstić information content (AvgIpc) is 3.36. The number of thioether (sulfide) groups is 1. The van der Waals surface area contributed by atoms with E-state index >= 15 is 0 Å². The lowest BCUT2D eigenvalue weighted by Crippen LogP contribution is -2.42. The van der Waals surface area contributed by atoms with Crippen LogP contribution in [0.5, 0.6) is 0 Å². The summed E-state index contributed by atoms with van der Waals surface area (Å²) in [5.41, 5.74) is 10.8. The summed E-state index contributed by atoms with van der Waals surface area (Å²) in [5.74, 6) is 0.440.